The molecule has 1 N–H and O–H groups in total. The maximum atomic E-state index is 12.6. The molecule has 4 nitrogen and oxygen atoms in total. The van der Waals surface area contributed by atoms with Crippen molar-refractivity contribution >= 4 is 23.5 Å². The van der Waals surface area contributed by atoms with E-state index in [1.54, 1.807) is 0 Å². The number of hydrogen-bond acceptors (Lipinski definition) is 2. The number of carbonyl (C=O) groups excluding carboxylic acids is 2. The Morgan fingerprint density at radius 2 is 2.00 bits per heavy atom. The monoisotopic (exact) mass is 300 g/mol. The van der Waals surface area contributed by atoms with E-state index in [2.05, 4.69) is 19.2 Å². The van der Waals surface area contributed by atoms with Crippen LogP contribution in [0.1, 0.15) is 52.4 Å². The Morgan fingerprint density at radius 1 is 1.35 bits per heavy atom. The third-order valence-corrected chi connectivity index (χ3v) is 5.04. The van der Waals surface area contributed by atoms with Gasteiger partial charge in [0, 0.05) is 12.4 Å². The summed E-state index contributed by atoms with van der Waals surface area (Å²) in [4.78, 5) is 26.1. The van der Waals surface area contributed by atoms with Crippen LogP contribution in [0.25, 0.3) is 0 Å². The number of alkyl halides is 1. The van der Waals surface area contributed by atoms with Gasteiger partial charge in [0.15, 0.2) is 0 Å². The summed E-state index contributed by atoms with van der Waals surface area (Å²) >= 11 is 5.72. The first kappa shape index (κ1) is 15.6. The van der Waals surface area contributed by atoms with E-state index in [4.69, 9.17) is 11.6 Å². The van der Waals surface area contributed by atoms with Crippen LogP contribution in [0.4, 0.5) is 4.79 Å². The van der Waals surface area contributed by atoms with E-state index < -0.39 is 5.54 Å². The molecule has 1 saturated carbocycles. The SMILES string of the molecule is CC(CCCl)CCN1C(=O)NC2(CCC(C)CC2)C1=O. The topological polar surface area (TPSA) is 49.4 Å². The molecule has 1 saturated heterocycles. The van der Waals surface area contributed by atoms with Crippen LogP contribution in [0.15, 0.2) is 0 Å². The summed E-state index contributed by atoms with van der Waals surface area (Å²) in [5.41, 5.74) is -0.598. The van der Waals surface area contributed by atoms with E-state index in [0.29, 0.717) is 24.3 Å². The molecule has 20 heavy (non-hydrogen) atoms. The van der Waals surface area contributed by atoms with Crippen molar-refractivity contribution < 1.29 is 9.59 Å². The molecule has 1 heterocycles. The zero-order valence-electron chi connectivity index (χ0n) is 12.5. The number of hydrogen-bond donors (Lipinski definition) is 1. The summed E-state index contributed by atoms with van der Waals surface area (Å²) in [5, 5.41) is 2.96. The number of nitrogens with zero attached hydrogens (tertiary/aromatic N) is 1. The van der Waals surface area contributed by atoms with Gasteiger partial charge in [-0.05, 0) is 50.4 Å². The highest BCUT2D eigenvalue weighted by Crippen LogP contribution is 2.36. The third kappa shape index (κ3) is 3.11. The van der Waals surface area contributed by atoms with Gasteiger partial charge in [-0.2, -0.15) is 0 Å². The predicted octanol–water partition coefficient (Wildman–Crippen LogP) is 3.14. The van der Waals surface area contributed by atoms with E-state index >= 15 is 0 Å². The molecule has 1 unspecified atom stereocenters. The summed E-state index contributed by atoms with van der Waals surface area (Å²) in [6.07, 6.45) is 5.36. The summed E-state index contributed by atoms with van der Waals surface area (Å²) in [6, 6.07) is -0.206. The fourth-order valence-corrected chi connectivity index (χ4v) is 3.53. The molecule has 5 heteroatoms. The van der Waals surface area contributed by atoms with Gasteiger partial charge in [-0.3, -0.25) is 9.69 Å². The Labute approximate surface area is 126 Å². The van der Waals surface area contributed by atoms with Gasteiger partial charge in [-0.25, -0.2) is 4.79 Å². The fourth-order valence-electron chi connectivity index (χ4n) is 3.15. The largest absolute Gasteiger partial charge is 0.325 e. The zero-order valence-corrected chi connectivity index (χ0v) is 13.2. The Balaban J connectivity index is 1.95. The molecule has 0 aromatic carbocycles. The highest BCUT2D eigenvalue weighted by Gasteiger charge is 2.51. The number of carbonyl (C=O) groups is 2. The number of imide groups is 1. The minimum atomic E-state index is -0.598. The first-order chi connectivity index (χ1) is 9.48. The molecular weight excluding hydrogens is 276 g/mol. The van der Waals surface area contributed by atoms with Crippen molar-refractivity contribution in [2.75, 3.05) is 12.4 Å². The van der Waals surface area contributed by atoms with Crippen LogP contribution < -0.4 is 5.32 Å². The van der Waals surface area contributed by atoms with E-state index in [0.717, 1.165) is 38.5 Å². The smallest absolute Gasteiger partial charge is 0.323 e. The second-order valence-electron chi connectivity index (χ2n) is 6.52. The zero-order chi connectivity index (χ0) is 14.8. The van der Waals surface area contributed by atoms with Crippen LogP contribution in [0.3, 0.4) is 0 Å². The number of halogens is 1. The van der Waals surface area contributed by atoms with Crippen LogP contribution in [0.2, 0.25) is 0 Å². The van der Waals surface area contributed by atoms with Crippen molar-refractivity contribution in [1.29, 1.82) is 0 Å². The molecule has 0 radical (unpaired) electrons. The summed E-state index contributed by atoms with van der Waals surface area (Å²) in [6.45, 7) is 4.83. The molecule has 3 amide bonds. The minimum absolute atomic E-state index is 0.00697. The molecule has 0 aromatic heterocycles. The van der Waals surface area contributed by atoms with Gasteiger partial charge in [0.1, 0.15) is 5.54 Å². The van der Waals surface area contributed by atoms with Crippen molar-refractivity contribution in [3.63, 3.8) is 0 Å². The maximum Gasteiger partial charge on any atom is 0.325 e. The van der Waals surface area contributed by atoms with Crippen LogP contribution in [0, 0.1) is 11.8 Å². The van der Waals surface area contributed by atoms with Crippen LogP contribution in [0.5, 0.6) is 0 Å². The average molecular weight is 301 g/mol. The second-order valence-corrected chi connectivity index (χ2v) is 6.90. The van der Waals surface area contributed by atoms with Gasteiger partial charge in [-0.1, -0.05) is 13.8 Å². The summed E-state index contributed by atoms with van der Waals surface area (Å²) in [5.74, 6) is 1.72. The Morgan fingerprint density at radius 3 is 2.60 bits per heavy atom. The quantitative estimate of drug-likeness (QED) is 0.626. The maximum absolute atomic E-state index is 12.6. The van der Waals surface area contributed by atoms with Gasteiger partial charge in [0.2, 0.25) is 0 Å². The summed E-state index contributed by atoms with van der Waals surface area (Å²) < 4.78 is 0. The van der Waals surface area contributed by atoms with Crippen LogP contribution in [-0.4, -0.2) is 34.8 Å². The van der Waals surface area contributed by atoms with Gasteiger partial charge in [0.05, 0.1) is 0 Å². The number of amides is 3. The third-order valence-electron chi connectivity index (χ3n) is 4.82. The number of urea groups is 1. The highest BCUT2D eigenvalue weighted by atomic mass is 35.5. The van der Waals surface area contributed by atoms with E-state index in [-0.39, 0.29) is 11.9 Å². The van der Waals surface area contributed by atoms with E-state index in [1.807, 2.05) is 0 Å². The molecular formula is C15H25ClN2O2. The van der Waals surface area contributed by atoms with Crippen molar-refractivity contribution in [2.24, 2.45) is 11.8 Å². The van der Waals surface area contributed by atoms with Crippen molar-refractivity contribution in [1.82, 2.24) is 10.2 Å². The molecule has 1 spiro atoms. The molecule has 0 bridgehead atoms. The molecule has 2 aliphatic rings. The normalized spacial score (nSPS) is 31.8. The molecule has 1 aliphatic carbocycles. The van der Waals surface area contributed by atoms with Crippen LogP contribution in [-0.2, 0) is 4.79 Å². The standard InChI is InChI=1S/C15H25ClN2O2/c1-11-3-7-15(8-4-11)13(19)18(14(20)17-15)10-6-12(2)5-9-16/h11-12H,3-10H2,1-2H3,(H,17,20). The molecule has 2 rings (SSSR count). The lowest BCUT2D eigenvalue weighted by molar-refractivity contribution is -0.132. The van der Waals surface area contributed by atoms with Gasteiger partial charge < -0.3 is 5.32 Å². The first-order valence-corrected chi connectivity index (χ1v) is 8.22. The fraction of sp³-hybridized carbons (Fsp3) is 0.867. The highest BCUT2D eigenvalue weighted by molar-refractivity contribution is 6.17. The van der Waals surface area contributed by atoms with Crippen molar-refractivity contribution in [3.05, 3.63) is 0 Å². The minimum Gasteiger partial charge on any atom is -0.323 e. The van der Waals surface area contributed by atoms with Crippen molar-refractivity contribution in [2.45, 2.75) is 57.9 Å². The molecule has 114 valence electrons. The average Bonchev–Trinajstić information content (AvgIpc) is 2.63. The first-order valence-electron chi connectivity index (χ1n) is 7.68. The predicted molar refractivity (Wildman–Crippen MR) is 79.7 cm³/mol. The van der Waals surface area contributed by atoms with Gasteiger partial charge >= 0.3 is 6.03 Å². The number of rotatable bonds is 5. The van der Waals surface area contributed by atoms with E-state index in [1.165, 1.54) is 4.90 Å². The lowest BCUT2D eigenvalue weighted by atomic mass is 9.77. The second kappa shape index (κ2) is 6.33. The summed E-state index contributed by atoms with van der Waals surface area (Å²) in [7, 11) is 0. The lowest BCUT2D eigenvalue weighted by Gasteiger charge is -2.33. The van der Waals surface area contributed by atoms with Gasteiger partial charge in [-0.15, -0.1) is 11.6 Å². The van der Waals surface area contributed by atoms with Gasteiger partial charge in [0.25, 0.3) is 5.91 Å². The molecule has 0 aromatic rings. The van der Waals surface area contributed by atoms with Crippen molar-refractivity contribution in [3.8, 4) is 0 Å². The Kier molecular flexibility index (Phi) is 4.95. The van der Waals surface area contributed by atoms with E-state index in [9.17, 15) is 9.59 Å². The molecule has 1 atom stereocenters. The van der Waals surface area contributed by atoms with Crippen LogP contribution >= 0.6 is 11.6 Å². The lowest BCUT2D eigenvalue weighted by Crippen LogP contribution is -2.49. The molecule has 2 fully saturated rings. The molecule has 1 aliphatic heterocycles. The Bertz CT molecular complexity index is 378. The Hall–Kier alpha value is -0.770. The number of nitrogens with one attached hydrogen (secondary N) is 1.